The Morgan fingerprint density at radius 3 is 2.57 bits per heavy atom. The molecule has 112 valence electrons. The van der Waals surface area contributed by atoms with Crippen molar-refractivity contribution < 1.29 is 0 Å². The molecule has 1 saturated heterocycles. The number of benzene rings is 1. The normalized spacial score (nSPS) is 15.5. The van der Waals surface area contributed by atoms with Crippen molar-refractivity contribution in [2.75, 3.05) is 18.1 Å². The first-order valence-electron chi connectivity index (χ1n) is 6.94. The van der Waals surface area contributed by atoms with Gasteiger partial charge in [-0.2, -0.15) is 0 Å². The van der Waals surface area contributed by atoms with E-state index < -0.39 is 0 Å². The minimum atomic E-state index is 0.623. The average molecular weight is 343 g/mol. The second-order valence-electron chi connectivity index (χ2n) is 5.18. The maximum Gasteiger partial charge on any atom is 0.217 e. The fourth-order valence-electron chi connectivity index (χ4n) is 2.62. The molecule has 1 aromatic carbocycles. The topological polar surface area (TPSA) is 26.0 Å². The Kier molecular flexibility index (Phi) is 4.24. The molecule has 2 aromatic rings. The maximum atomic E-state index is 6.33. The van der Waals surface area contributed by atoms with Crippen molar-refractivity contribution in [1.29, 1.82) is 0 Å². The van der Waals surface area contributed by atoms with Gasteiger partial charge in [0.2, 0.25) is 4.77 Å². The van der Waals surface area contributed by atoms with Gasteiger partial charge in [0.15, 0.2) is 5.82 Å². The van der Waals surface area contributed by atoms with E-state index in [-0.39, 0.29) is 0 Å². The summed E-state index contributed by atoms with van der Waals surface area (Å²) in [6.07, 6.45) is 3.59. The minimum absolute atomic E-state index is 0.623. The highest BCUT2D eigenvalue weighted by molar-refractivity contribution is 7.71. The molecule has 0 spiro atoms. The highest BCUT2D eigenvalue weighted by atomic mass is 35.5. The van der Waals surface area contributed by atoms with Gasteiger partial charge in [0.25, 0.3) is 0 Å². The monoisotopic (exact) mass is 342 g/mol. The second-order valence-corrected chi connectivity index (χ2v) is 6.39. The van der Waals surface area contributed by atoms with Gasteiger partial charge in [-0.1, -0.05) is 23.2 Å². The van der Waals surface area contributed by atoms with E-state index in [9.17, 15) is 0 Å². The molecule has 1 aromatic heterocycles. The molecule has 0 aliphatic carbocycles. The molecule has 21 heavy (non-hydrogen) atoms. The summed E-state index contributed by atoms with van der Waals surface area (Å²) in [7, 11) is 1.85. The number of aromatic nitrogens is 3. The lowest BCUT2D eigenvalue weighted by atomic mass is 10.1. The molecule has 0 saturated carbocycles. The Morgan fingerprint density at radius 2 is 1.86 bits per heavy atom. The van der Waals surface area contributed by atoms with E-state index in [1.807, 2.05) is 17.8 Å². The second kappa shape index (κ2) is 5.99. The lowest BCUT2D eigenvalue weighted by Crippen LogP contribution is -2.39. The molecule has 7 heteroatoms. The number of hydrogen-bond donors (Lipinski definition) is 0. The Morgan fingerprint density at radius 1 is 1.14 bits per heavy atom. The third-order valence-electron chi connectivity index (χ3n) is 3.69. The van der Waals surface area contributed by atoms with E-state index in [0.717, 1.165) is 24.5 Å². The minimum Gasteiger partial charge on any atom is -0.309 e. The van der Waals surface area contributed by atoms with Crippen LogP contribution in [0.1, 0.15) is 19.3 Å². The number of hydrogen-bond acceptors (Lipinski definition) is 3. The molecule has 0 unspecified atom stereocenters. The van der Waals surface area contributed by atoms with Crippen molar-refractivity contribution in [2.24, 2.45) is 7.05 Å². The molecular formula is C14H16Cl2N4S. The maximum absolute atomic E-state index is 6.33. The van der Waals surface area contributed by atoms with Gasteiger partial charge in [-0.25, -0.2) is 9.36 Å². The van der Waals surface area contributed by atoms with Gasteiger partial charge in [0.1, 0.15) is 0 Å². The van der Waals surface area contributed by atoms with E-state index in [2.05, 4.69) is 10.1 Å². The van der Waals surface area contributed by atoms with Crippen LogP contribution >= 0.6 is 35.4 Å². The van der Waals surface area contributed by atoms with Gasteiger partial charge in [0, 0.05) is 30.7 Å². The third kappa shape index (κ3) is 2.82. The van der Waals surface area contributed by atoms with Crippen molar-refractivity contribution in [3.05, 3.63) is 33.0 Å². The molecule has 0 radical (unpaired) electrons. The number of piperidine rings is 1. The molecule has 0 N–H and O–H groups in total. The van der Waals surface area contributed by atoms with Crippen molar-refractivity contribution in [3.63, 3.8) is 0 Å². The fourth-order valence-corrected chi connectivity index (χ4v) is 3.24. The zero-order valence-corrected chi connectivity index (χ0v) is 14.0. The first kappa shape index (κ1) is 14.9. The summed E-state index contributed by atoms with van der Waals surface area (Å²) in [5.41, 5.74) is 0.807. The molecule has 1 aliphatic heterocycles. The predicted molar refractivity (Wildman–Crippen MR) is 89.3 cm³/mol. The quantitative estimate of drug-likeness (QED) is 0.770. The lowest BCUT2D eigenvalue weighted by Gasteiger charge is -2.30. The van der Waals surface area contributed by atoms with Gasteiger partial charge in [-0.05, 0) is 49.7 Å². The van der Waals surface area contributed by atoms with Crippen LogP contribution < -0.4 is 5.01 Å². The Bertz CT molecular complexity index is 716. The average Bonchev–Trinajstić information content (AvgIpc) is 2.78. The highest BCUT2D eigenvalue weighted by Crippen LogP contribution is 2.30. The summed E-state index contributed by atoms with van der Waals surface area (Å²) in [6, 6.07) is 5.40. The summed E-state index contributed by atoms with van der Waals surface area (Å²) < 4.78 is 4.37. The smallest absolute Gasteiger partial charge is 0.217 e. The molecule has 1 fully saturated rings. The molecule has 4 nitrogen and oxygen atoms in total. The molecule has 0 bridgehead atoms. The molecule has 0 amide bonds. The zero-order valence-electron chi connectivity index (χ0n) is 11.7. The van der Waals surface area contributed by atoms with Crippen LogP contribution in [0.2, 0.25) is 10.0 Å². The molecule has 0 atom stereocenters. The lowest BCUT2D eigenvalue weighted by molar-refractivity contribution is 0.475. The summed E-state index contributed by atoms with van der Waals surface area (Å²) in [5.74, 6) is 0.747. The van der Waals surface area contributed by atoms with Crippen LogP contribution in [-0.2, 0) is 7.05 Å². The molecule has 2 heterocycles. The van der Waals surface area contributed by atoms with E-state index >= 15 is 0 Å². The Labute approximate surface area is 138 Å². The Balaban J connectivity index is 2.16. The van der Waals surface area contributed by atoms with Crippen LogP contribution in [0, 0.1) is 4.77 Å². The number of halogens is 2. The number of nitrogens with zero attached hydrogens (tertiary/aromatic N) is 4. The van der Waals surface area contributed by atoms with Crippen LogP contribution in [-0.4, -0.2) is 27.5 Å². The zero-order chi connectivity index (χ0) is 15.0. The van der Waals surface area contributed by atoms with Crippen molar-refractivity contribution >= 4 is 35.4 Å². The summed E-state index contributed by atoms with van der Waals surface area (Å²) in [6.45, 7) is 1.95. The first-order valence-corrected chi connectivity index (χ1v) is 8.11. The molecular weight excluding hydrogens is 327 g/mol. The number of aryl methyl sites for hydroxylation is 1. The van der Waals surface area contributed by atoms with E-state index in [0.29, 0.717) is 14.8 Å². The first-order chi connectivity index (χ1) is 10.1. The van der Waals surface area contributed by atoms with E-state index in [1.165, 1.54) is 19.3 Å². The number of rotatable bonds is 2. The van der Waals surface area contributed by atoms with Gasteiger partial charge in [-0.3, -0.25) is 0 Å². The SMILES string of the molecule is Cn1nc(-c2cc(Cl)ccc2Cl)n(N2CCCCC2)c1=S. The van der Waals surface area contributed by atoms with Crippen molar-refractivity contribution in [1.82, 2.24) is 14.5 Å². The van der Waals surface area contributed by atoms with Gasteiger partial charge < -0.3 is 5.01 Å². The van der Waals surface area contributed by atoms with E-state index in [4.69, 9.17) is 35.4 Å². The van der Waals surface area contributed by atoms with Crippen LogP contribution in [0.15, 0.2) is 18.2 Å². The summed E-state index contributed by atoms with van der Waals surface area (Å²) in [5, 5.41) is 8.05. The summed E-state index contributed by atoms with van der Waals surface area (Å²) >= 11 is 18.0. The van der Waals surface area contributed by atoms with Crippen LogP contribution in [0.3, 0.4) is 0 Å². The van der Waals surface area contributed by atoms with Crippen LogP contribution in [0.4, 0.5) is 0 Å². The van der Waals surface area contributed by atoms with E-state index in [1.54, 1.807) is 16.8 Å². The summed E-state index contributed by atoms with van der Waals surface area (Å²) in [4.78, 5) is 0. The van der Waals surface area contributed by atoms with Crippen LogP contribution in [0.25, 0.3) is 11.4 Å². The Hall–Kier alpha value is -1.04. The third-order valence-corrected chi connectivity index (χ3v) is 4.69. The van der Waals surface area contributed by atoms with Crippen molar-refractivity contribution in [3.8, 4) is 11.4 Å². The molecule has 1 aliphatic rings. The fraction of sp³-hybridized carbons (Fsp3) is 0.429. The van der Waals surface area contributed by atoms with Crippen molar-refractivity contribution in [2.45, 2.75) is 19.3 Å². The largest absolute Gasteiger partial charge is 0.309 e. The predicted octanol–water partition coefficient (Wildman–Crippen LogP) is 4.05. The van der Waals surface area contributed by atoms with Gasteiger partial charge in [-0.15, -0.1) is 5.10 Å². The molecule has 3 rings (SSSR count). The standard InChI is InChI=1S/C14H16Cl2N4S/c1-18-14(21)20(19-7-3-2-4-8-19)13(17-18)11-9-10(15)5-6-12(11)16/h5-6,9H,2-4,7-8H2,1H3. The highest BCUT2D eigenvalue weighted by Gasteiger charge is 2.20. The van der Waals surface area contributed by atoms with Gasteiger partial charge >= 0.3 is 0 Å². The van der Waals surface area contributed by atoms with Crippen LogP contribution in [0.5, 0.6) is 0 Å². The van der Waals surface area contributed by atoms with Gasteiger partial charge in [0.05, 0.1) is 5.02 Å².